The van der Waals surface area contributed by atoms with Crippen LogP contribution >= 0.6 is 0 Å². The number of carbonyl (C=O) groups excluding carboxylic acids is 1. The van der Waals surface area contributed by atoms with Gasteiger partial charge in [-0.1, -0.05) is 0 Å². The number of aromatic nitrogens is 2. The van der Waals surface area contributed by atoms with Crippen molar-refractivity contribution in [3.8, 4) is 0 Å². The Bertz CT molecular complexity index is 695. The molecule has 1 unspecified atom stereocenters. The zero-order chi connectivity index (χ0) is 19.7. The van der Waals surface area contributed by atoms with Crippen molar-refractivity contribution in [3.05, 3.63) is 22.5 Å². The van der Waals surface area contributed by atoms with E-state index in [0.29, 0.717) is 16.7 Å². The highest BCUT2D eigenvalue weighted by atomic mass is 19.1. The monoisotopic (exact) mass is 377 g/mol. The van der Waals surface area contributed by atoms with E-state index in [1.807, 2.05) is 5.32 Å². The maximum atomic E-state index is 13.9. The fourth-order valence-corrected chi connectivity index (χ4v) is 1.59. The van der Waals surface area contributed by atoms with Gasteiger partial charge in [0.15, 0.2) is 11.6 Å². The Kier molecular flexibility index (Phi) is 8.58. The maximum absolute atomic E-state index is 13.9. The molecule has 0 aliphatic rings. The average molecular weight is 377 g/mol. The Hall–Kier alpha value is -2.60. The second-order valence-electron chi connectivity index (χ2n) is 5.14. The standard InChI is InChI=1S/C14H21F2N5O5/c1-8(20-17-3)4-5-25-14(24)19-12-10(15)6-21(13(23)18-12)7-26-9(2)11(16)22/h6,9,11,17,22H,4-5,7H2,1-3H3,(H,18,19,23,24)/b20-8+/t9?,11-/m0/s1. The third-order valence-electron chi connectivity index (χ3n) is 3.03. The van der Waals surface area contributed by atoms with Crippen molar-refractivity contribution in [2.45, 2.75) is 39.5 Å². The second-order valence-corrected chi connectivity index (χ2v) is 5.14. The van der Waals surface area contributed by atoms with Gasteiger partial charge in [-0.2, -0.15) is 10.1 Å². The number of alkyl halides is 1. The second kappa shape index (κ2) is 10.4. The van der Waals surface area contributed by atoms with E-state index in [1.165, 1.54) is 6.92 Å². The Morgan fingerprint density at radius 1 is 1.54 bits per heavy atom. The minimum Gasteiger partial charge on any atom is -0.449 e. The van der Waals surface area contributed by atoms with Crippen molar-refractivity contribution in [2.24, 2.45) is 5.10 Å². The lowest BCUT2D eigenvalue weighted by molar-refractivity contribution is -0.110. The molecule has 1 aromatic rings. The smallest absolute Gasteiger partial charge is 0.412 e. The van der Waals surface area contributed by atoms with E-state index in [0.717, 1.165) is 6.20 Å². The molecule has 0 saturated carbocycles. The predicted octanol–water partition coefficient (Wildman–Crippen LogP) is 0.567. The van der Waals surface area contributed by atoms with Crippen molar-refractivity contribution < 1.29 is 28.2 Å². The van der Waals surface area contributed by atoms with Crippen LogP contribution in [0.25, 0.3) is 0 Å². The van der Waals surface area contributed by atoms with Crippen molar-refractivity contribution in [2.75, 3.05) is 19.0 Å². The van der Waals surface area contributed by atoms with Crippen LogP contribution in [0.1, 0.15) is 20.3 Å². The van der Waals surface area contributed by atoms with Crippen LogP contribution in [-0.4, -0.2) is 52.6 Å². The summed E-state index contributed by atoms with van der Waals surface area (Å²) in [6.07, 6.45) is -3.36. The van der Waals surface area contributed by atoms with Gasteiger partial charge in [-0.3, -0.25) is 9.88 Å². The molecule has 0 aromatic carbocycles. The molecule has 12 heteroatoms. The summed E-state index contributed by atoms with van der Waals surface area (Å²) in [5, 5.41) is 14.5. The number of rotatable bonds is 9. The third kappa shape index (κ3) is 7.11. The van der Waals surface area contributed by atoms with Crippen molar-refractivity contribution in [1.82, 2.24) is 15.0 Å². The van der Waals surface area contributed by atoms with Gasteiger partial charge in [0.1, 0.15) is 12.8 Å². The SMILES string of the molecule is CN/N=C(\C)CCOC(=O)Nc1nc(=O)n(COC(C)[C@H](O)F)cc1F. The third-order valence-corrected chi connectivity index (χ3v) is 3.03. The van der Waals surface area contributed by atoms with Crippen LogP contribution in [0.2, 0.25) is 0 Å². The van der Waals surface area contributed by atoms with Gasteiger partial charge in [0.05, 0.1) is 12.8 Å². The van der Waals surface area contributed by atoms with Gasteiger partial charge in [-0.25, -0.2) is 18.4 Å². The molecule has 1 aromatic heterocycles. The Labute approximate surface area is 147 Å². The Balaban J connectivity index is 2.63. The number of anilines is 1. The van der Waals surface area contributed by atoms with Crippen molar-refractivity contribution in [1.29, 1.82) is 0 Å². The number of nitrogens with one attached hydrogen (secondary N) is 2. The number of hydrogen-bond acceptors (Lipinski definition) is 8. The Morgan fingerprint density at radius 2 is 2.23 bits per heavy atom. The number of ether oxygens (including phenoxy) is 2. The molecule has 1 heterocycles. The summed E-state index contributed by atoms with van der Waals surface area (Å²) >= 11 is 0. The van der Waals surface area contributed by atoms with E-state index < -0.39 is 42.6 Å². The van der Waals surface area contributed by atoms with Gasteiger partial charge >= 0.3 is 11.8 Å². The molecule has 2 atom stereocenters. The Morgan fingerprint density at radius 3 is 2.85 bits per heavy atom. The van der Waals surface area contributed by atoms with Gasteiger partial charge in [0.2, 0.25) is 6.36 Å². The summed E-state index contributed by atoms with van der Waals surface area (Å²) < 4.78 is 36.9. The molecule has 10 nitrogen and oxygen atoms in total. The number of carbonyl (C=O) groups is 1. The summed E-state index contributed by atoms with van der Waals surface area (Å²) in [4.78, 5) is 26.7. The number of hydrazone groups is 1. The van der Waals surface area contributed by atoms with Gasteiger partial charge < -0.3 is 20.0 Å². The van der Waals surface area contributed by atoms with Crippen LogP contribution in [0, 0.1) is 5.82 Å². The van der Waals surface area contributed by atoms with Crippen molar-refractivity contribution >= 4 is 17.6 Å². The van der Waals surface area contributed by atoms with Crippen LogP contribution in [0.3, 0.4) is 0 Å². The van der Waals surface area contributed by atoms with Crippen LogP contribution in [-0.2, 0) is 16.2 Å². The predicted molar refractivity (Wildman–Crippen MR) is 87.9 cm³/mol. The zero-order valence-corrected chi connectivity index (χ0v) is 14.5. The summed E-state index contributed by atoms with van der Waals surface area (Å²) in [7, 11) is 1.62. The van der Waals surface area contributed by atoms with Gasteiger partial charge in [0, 0.05) is 19.2 Å². The zero-order valence-electron chi connectivity index (χ0n) is 14.5. The fraction of sp³-hybridized carbons (Fsp3) is 0.571. The van der Waals surface area contributed by atoms with Crippen LogP contribution in [0.4, 0.5) is 19.4 Å². The highest BCUT2D eigenvalue weighted by molar-refractivity contribution is 5.84. The molecule has 0 radical (unpaired) electrons. The van der Waals surface area contributed by atoms with Crippen LogP contribution in [0.5, 0.6) is 0 Å². The number of aliphatic hydroxyl groups is 1. The first-order valence-electron chi connectivity index (χ1n) is 7.59. The molecular formula is C14H21F2N5O5. The number of hydrogen-bond donors (Lipinski definition) is 3. The fourth-order valence-electron chi connectivity index (χ4n) is 1.59. The van der Waals surface area contributed by atoms with E-state index in [1.54, 1.807) is 14.0 Å². The first-order chi connectivity index (χ1) is 12.2. The van der Waals surface area contributed by atoms with Crippen molar-refractivity contribution in [3.63, 3.8) is 0 Å². The molecule has 0 aliphatic heterocycles. The summed E-state index contributed by atoms with van der Waals surface area (Å²) in [6.45, 7) is 2.43. The maximum Gasteiger partial charge on any atom is 0.412 e. The van der Waals surface area contributed by atoms with E-state index >= 15 is 0 Å². The lowest BCUT2D eigenvalue weighted by atomic mass is 10.3. The van der Waals surface area contributed by atoms with Crippen LogP contribution in [0.15, 0.2) is 16.1 Å². The van der Waals surface area contributed by atoms with E-state index in [4.69, 9.17) is 14.6 Å². The quantitative estimate of drug-likeness (QED) is 0.424. The highest BCUT2D eigenvalue weighted by Gasteiger charge is 2.16. The summed E-state index contributed by atoms with van der Waals surface area (Å²) in [5.41, 5.74) is 2.33. The average Bonchev–Trinajstić information content (AvgIpc) is 2.56. The normalized spacial score (nSPS) is 13.8. The molecule has 146 valence electrons. The molecule has 1 amide bonds. The lowest BCUT2D eigenvalue weighted by Gasteiger charge is -2.14. The molecule has 0 spiro atoms. The molecular weight excluding hydrogens is 356 g/mol. The summed E-state index contributed by atoms with van der Waals surface area (Å²) in [6, 6.07) is 0. The molecule has 0 saturated heterocycles. The number of aliphatic hydroxyl groups excluding tert-OH is 1. The van der Waals surface area contributed by atoms with E-state index in [9.17, 15) is 18.4 Å². The molecule has 1 rings (SSSR count). The number of halogens is 2. The number of nitrogens with zero attached hydrogens (tertiary/aromatic N) is 3. The minimum absolute atomic E-state index is 0.00117. The minimum atomic E-state index is -2.25. The van der Waals surface area contributed by atoms with E-state index in [-0.39, 0.29) is 6.61 Å². The van der Waals surface area contributed by atoms with Gasteiger partial charge in [-0.15, -0.1) is 0 Å². The molecule has 26 heavy (non-hydrogen) atoms. The highest BCUT2D eigenvalue weighted by Crippen LogP contribution is 2.08. The van der Waals surface area contributed by atoms with E-state index in [2.05, 4.69) is 15.5 Å². The molecule has 0 fully saturated rings. The molecule has 0 aliphatic carbocycles. The first kappa shape index (κ1) is 21.4. The summed E-state index contributed by atoms with van der Waals surface area (Å²) in [5.74, 6) is -1.64. The lowest BCUT2D eigenvalue weighted by Crippen LogP contribution is -2.30. The van der Waals surface area contributed by atoms with Gasteiger partial charge in [0.25, 0.3) is 0 Å². The molecule has 3 N–H and O–H groups in total. The largest absolute Gasteiger partial charge is 0.449 e. The number of amides is 1. The van der Waals surface area contributed by atoms with Gasteiger partial charge in [-0.05, 0) is 13.8 Å². The first-order valence-corrected chi connectivity index (χ1v) is 7.59. The van der Waals surface area contributed by atoms with Crippen LogP contribution < -0.4 is 16.4 Å². The molecule has 0 bridgehead atoms. The topological polar surface area (TPSA) is 127 Å².